The number of carbonyl (C=O) groups is 1. The summed E-state index contributed by atoms with van der Waals surface area (Å²) in [6, 6.07) is 0.831. The van der Waals surface area contributed by atoms with Crippen LogP contribution in [0.1, 0.15) is 27.2 Å². The summed E-state index contributed by atoms with van der Waals surface area (Å²) in [5.41, 5.74) is -0.635. The monoisotopic (exact) mass is 271 g/mol. The van der Waals surface area contributed by atoms with Gasteiger partial charge >= 0.3 is 5.97 Å². The minimum absolute atomic E-state index is 0.186. The summed E-state index contributed by atoms with van der Waals surface area (Å²) >= 11 is 0. The van der Waals surface area contributed by atoms with Crippen molar-refractivity contribution in [1.82, 2.24) is 15.1 Å². The van der Waals surface area contributed by atoms with Crippen LogP contribution in [0, 0.1) is 0 Å². The van der Waals surface area contributed by atoms with Crippen molar-refractivity contribution in [3.8, 4) is 0 Å². The van der Waals surface area contributed by atoms with Gasteiger partial charge in [-0.3, -0.25) is 15.0 Å². The summed E-state index contributed by atoms with van der Waals surface area (Å²) in [7, 11) is 5.68. The standard InChI is InChI=1S/C14H29N3O2/c1-11(2)15-14(3,13(18)19-6)10-17-8-7-12(9-17)16(4)5/h11-12,15H,7-10H2,1-6H3. The molecule has 0 saturated carbocycles. The molecular formula is C14H29N3O2. The van der Waals surface area contributed by atoms with Gasteiger partial charge in [-0.2, -0.15) is 0 Å². The van der Waals surface area contributed by atoms with E-state index < -0.39 is 5.54 Å². The fourth-order valence-corrected chi connectivity index (χ4v) is 2.86. The lowest BCUT2D eigenvalue weighted by Crippen LogP contribution is -2.59. The Hall–Kier alpha value is -0.650. The smallest absolute Gasteiger partial charge is 0.327 e. The third kappa shape index (κ3) is 4.44. The number of rotatable bonds is 6. The number of likely N-dealkylation sites (tertiary alicyclic amines) is 1. The molecule has 5 heteroatoms. The number of ether oxygens (including phenoxy) is 1. The first kappa shape index (κ1) is 16.4. The molecule has 5 nitrogen and oxygen atoms in total. The van der Waals surface area contributed by atoms with Crippen LogP contribution in [-0.4, -0.2) is 74.2 Å². The summed E-state index contributed by atoms with van der Waals surface area (Å²) in [5.74, 6) is -0.186. The van der Waals surface area contributed by atoms with E-state index in [1.165, 1.54) is 7.11 Å². The second-order valence-electron chi connectivity index (χ2n) is 6.26. The average Bonchev–Trinajstić information content (AvgIpc) is 2.75. The minimum atomic E-state index is -0.635. The van der Waals surface area contributed by atoms with E-state index in [-0.39, 0.29) is 12.0 Å². The minimum Gasteiger partial charge on any atom is -0.468 e. The van der Waals surface area contributed by atoms with E-state index in [9.17, 15) is 4.79 Å². The van der Waals surface area contributed by atoms with Crippen LogP contribution in [0.4, 0.5) is 0 Å². The maximum absolute atomic E-state index is 12.1. The molecule has 0 spiro atoms. The van der Waals surface area contributed by atoms with Crippen LogP contribution < -0.4 is 5.32 Å². The first-order valence-corrected chi connectivity index (χ1v) is 7.03. The number of likely N-dealkylation sites (N-methyl/N-ethyl adjacent to an activating group) is 1. The Bertz CT molecular complexity index is 307. The normalized spacial score (nSPS) is 23.9. The van der Waals surface area contributed by atoms with Crippen LogP contribution in [0.2, 0.25) is 0 Å². The second kappa shape index (κ2) is 6.68. The molecule has 112 valence electrons. The lowest BCUT2D eigenvalue weighted by Gasteiger charge is -2.34. The van der Waals surface area contributed by atoms with E-state index >= 15 is 0 Å². The van der Waals surface area contributed by atoms with Crippen molar-refractivity contribution in [3.05, 3.63) is 0 Å². The molecule has 1 saturated heterocycles. The van der Waals surface area contributed by atoms with Crippen molar-refractivity contribution >= 4 is 5.97 Å². The van der Waals surface area contributed by atoms with Crippen LogP contribution in [0.25, 0.3) is 0 Å². The third-order valence-electron chi connectivity index (χ3n) is 3.76. The van der Waals surface area contributed by atoms with Gasteiger partial charge in [-0.1, -0.05) is 0 Å². The van der Waals surface area contributed by atoms with Crippen molar-refractivity contribution < 1.29 is 9.53 Å². The molecule has 2 unspecified atom stereocenters. The molecule has 0 aromatic rings. The zero-order valence-electron chi connectivity index (χ0n) is 13.2. The van der Waals surface area contributed by atoms with Crippen molar-refractivity contribution in [3.63, 3.8) is 0 Å². The highest BCUT2D eigenvalue weighted by molar-refractivity contribution is 5.80. The summed E-state index contributed by atoms with van der Waals surface area (Å²) in [6.45, 7) is 8.78. The van der Waals surface area contributed by atoms with E-state index in [1.807, 2.05) is 20.8 Å². The average molecular weight is 271 g/mol. The molecule has 1 aliphatic rings. The Morgan fingerprint density at radius 1 is 1.53 bits per heavy atom. The molecule has 1 fully saturated rings. The van der Waals surface area contributed by atoms with E-state index in [1.54, 1.807) is 0 Å². The quantitative estimate of drug-likeness (QED) is 0.715. The van der Waals surface area contributed by atoms with Crippen molar-refractivity contribution in [1.29, 1.82) is 0 Å². The van der Waals surface area contributed by atoms with Gasteiger partial charge in [-0.15, -0.1) is 0 Å². The summed E-state index contributed by atoms with van der Waals surface area (Å²) in [6.07, 6.45) is 1.16. The van der Waals surface area contributed by atoms with Crippen molar-refractivity contribution in [2.45, 2.75) is 44.8 Å². The van der Waals surface area contributed by atoms with Crippen LogP contribution in [0.3, 0.4) is 0 Å². The molecule has 0 radical (unpaired) electrons. The molecule has 0 aromatic heterocycles. The number of nitrogens with zero attached hydrogens (tertiary/aromatic N) is 2. The molecule has 0 aliphatic carbocycles. The predicted molar refractivity (Wildman–Crippen MR) is 77.2 cm³/mol. The fourth-order valence-electron chi connectivity index (χ4n) is 2.86. The van der Waals surface area contributed by atoms with Gasteiger partial charge in [0.2, 0.25) is 0 Å². The van der Waals surface area contributed by atoms with E-state index in [0.717, 1.165) is 19.5 Å². The fraction of sp³-hybridized carbons (Fsp3) is 0.929. The highest BCUT2D eigenvalue weighted by Gasteiger charge is 2.38. The summed E-state index contributed by atoms with van der Waals surface area (Å²) in [4.78, 5) is 16.7. The molecule has 19 heavy (non-hydrogen) atoms. The summed E-state index contributed by atoms with van der Waals surface area (Å²) < 4.78 is 4.96. The number of nitrogens with one attached hydrogen (secondary N) is 1. The molecule has 0 aromatic carbocycles. The number of carbonyl (C=O) groups excluding carboxylic acids is 1. The Labute approximate surface area is 117 Å². The van der Waals surface area contributed by atoms with Gasteiger partial charge < -0.3 is 9.64 Å². The molecule has 2 atom stereocenters. The zero-order valence-corrected chi connectivity index (χ0v) is 13.2. The number of hydrogen-bond donors (Lipinski definition) is 1. The van der Waals surface area contributed by atoms with Crippen LogP contribution in [0.15, 0.2) is 0 Å². The molecule has 1 rings (SSSR count). The van der Waals surface area contributed by atoms with Crippen LogP contribution in [0.5, 0.6) is 0 Å². The molecule has 1 N–H and O–H groups in total. The Morgan fingerprint density at radius 2 is 2.16 bits per heavy atom. The topological polar surface area (TPSA) is 44.8 Å². The first-order chi connectivity index (χ1) is 8.78. The number of hydrogen-bond acceptors (Lipinski definition) is 5. The lowest BCUT2D eigenvalue weighted by molar-refractivity contribution is -0.149. The molecule has 1 heterocycles. The van der Waals surface area contributed by atoms with Gasteiger partial charge in [-0.25, -0.2) is 0 Å². The predicted octanol–water partition coefficient (Wildman–Crippen LogP) is 0.552. The first-order valence-electron chi connectivity index (χ1n) is 7.03. The van der Waals surface area contributed by atoms with Gasteiger partial charge in [0.1, 0.15) is 5.54 Å². The van der Waals surface area contributed by atoms with Gasteiger partial charge in [0, 0.05) is 25.2 Å². The number of methoxy groups -OCH3 is 1. The molecule has 1 aliphatic heterocycles. The molecular weight excluding hydrogens is 242 g/mol. The maximum atomic E-state index is 12.1. The Balaban J connectivity index is 2.66. The van der Waals surface area contributed by atoms with Crippen LogP contribution >= 0.6 is 0 Å². The van der Waals surface area contributed by atoms with Crippen LogP contribution in [-0.2, 0) is 9.53 Å². The van der Waals surface area contributed by atoms with Gasteiger partial charge in [0.15, 0.2) is 0 Å². The zero-order chi connectivity index (χ0) is 14.6. The van der Waals surface area contributed by atoms with Gasteiger partial charge in [0.25, 0.3) is 0 Å². The van der Waals surface area contributed by atoms with E-state index in [0.29, 0.717) is 12.6 Å². The number of esters is 1. The van der Waals surface area contributed by atoms with Gasteiger partial charge in [0.05, 0.1) is 7.11 Å². The third-order valence-corrected chi connectivity index (χ3v) is 3.76. The van der Waals surface area contributed by atoms with Gasteiger partial charge in [-0.05, 0) is 47.8 Å². The van der Waals surface area contributed by atoms with E-state index in [4.69, 9.17) is 4.74 Å². The van der Waals surface area contributed by atoms with E-state index in [2.05, 4.69) is 29.2 Å². The molecule has 0 amide bonds. The highest BCUT2D eigenvalue weighted by atomic mass is 16.5. The second-order valence-corrected chi connectivity index (χ2v) is 6.26. The molecule has 0 bridgehead atoms. The Kier molecular flexibility index (Phi) is 5.77. The lowest BCUT2D eigenvalue weighted by atomic mass is 10.0. The Morgan fingerprint density at radius 3 is 2.58 bits per heavy atom. The van der Waals surface area contributed by atoms with Crippen molar-refractivity contribution in [2.24, 2.45) is 0 Å². The largest absolute Gasteiger partial charge is 0.468 e. The maximum Gasteiger partial charge on any atom is 0.327 e. The highest BCUT2D eigenvalue weighted by Crippen LogP contribution is 2.18. The van der Waals surface area contributed by atoms with Crippen molar-refractivity contribution in [2.75, 3.05) is 40.8 Å². The SMILES string of the molecule is COC(=O)C(C)(CN1CCC(N(C)C)C1)NC(C)C. The summed E-state index contributed by atoms with van der Waals surface area (Å²) in [5, 5.41) is 3.35.